The van der Waals surface area contributed by atoms with Crippen molar-refractivity contribution < 1.29 is 41.5 Å². The number of halogens is 2. The molecule has 0 unspecified atom stereocenters. The molecule has 12 nitrogen and oxygen atoms in total. The third kappa shape index (κ3) is 5.72. The number of nitrogens with one attached hydrogen (secondary N) is 1. The van der Waals surface area contributed by atoms with E-state index in [1.54, 1.807) is 12.1 Å². The molecule has 2 saturated heterocycles. The zero-order valence-corrected chi connectivity index (χ0v) is 24.9. The first-order chi connectivity index (χ1) is 19.9. The molecule has 1 N–H and O–H groups in total. The van der Waals surface area contributed by atoms with E-state index in [1.165, 1.54) is 36.1 Å². The summed E-state index contributed by atoms with van der Waals surface area (Å²) in [5, 5.41) is 0. The number of imide groups is 1. The second kappa shape index (κ2) is 11.6. The molecule has 4 amide bonds. The van der Waals surface area contributed by atoms with Crippen molar-refractivity contribution in [2.45, 2.75) is 44.4 Å². The molecule has 1 spiro atoms. The van der Waals surface area contributed by atoms with Gasteiger partial charge in [-0.1, -0.05) is 34.1 Å². The molecule has 5 rings (SSSR count). The maximum Gasteiger partial charge on any atom is 0.421 e. The van der Waals surface area contributed by atoms with Gasteiger partial charge in [-0.3, -0.25) is 9.59 Å². The number of carbonyl (C=O) groups is 4. The van der Waals surface area contributed by atoms with E-state index >= 15 is 0 Å². The summed E-state index contributed by atoms with van der Waals surface area (Å²) in [4.78, 5) is 54.2. The van der Waals surface area contributed by atoms with E-state index in [0.717, 1.165) is 19.2 Å². The number of aryl methyl sites for hydroxylation is 1. The lowest BCUT2D eigenvalue weighted by Crippen LogP contribution is -2.49. The molecular weight excluding hydrogens is 639 g/mol. The van der Waals surface area contributed by atoms with Gasteiger partial charge in [0.05, 0.1) is 6.61 Å². The van der Waals surface area contributed by atoms with Gasteiger partial charge in [-0.2, -0.15) is 12.7 Å². The molecule has 15 heteroatoms. The maximum atomic E-state index is 13.7. The van der Waals surface area contributed by atoms with Gasteiger partial charge in [0.15, 0.2) is 0 Å². The molecule has 42 heavy (non-hydrogen) atoms. The molecule has 2 heterocycles. The second-order valence-electron chi connectivity index (χ2n) is 10.2. The van der Waals surface area contributed by atoms with Gasteiger partial charge in [0.1, 0.15) is 12.4 Å². The van der Waals surface area contributed by atoms with Crippen molar-refractivity contribution in [1.29, 1.82) is 0 Å². The summed E-state index contributed by atoms with van der Waals surface area (Å²) >= 11 is 3.41. The molecule has 2 aromatic carbocycles. The number of amides is 4. The van der Waals surface area contributed by atoms with Crippen molar-refractivity contribution in [3.63, 3.8) is 0 Å². The molecule has 0 aromatic heterocycles. The fourth-order valence-electron chi connectivity index (χ4n) is 5.57. The number of ether oxygens (including phenoxy) is 2. The highest BCUT2D eigenvalue weighted by Gasteiger charge is 2.58. The third-order valence-electron chi connectivity index (χ3n) is 7.60. The topological polar surface area (TPSA) is 143 Å². The molecule has 0 saturated carbocycles. The number of fused-ring (bicyclic) bond motifs is 2. The van der Waals surface area contributed by atoms with Gasteiger partial charge in [0, 0.05) is 42.1 Å². The first kappa shape index (κ1) is 29.9. The molecule has 3 aliphatic rings. The summed E-state index contributed by atoms with van der Waals surface area (Å²) in [5.41, 5.74) is 0.484. The van der Waals surface area contributed by atoms with Crippen molar-refractivity contribution in [1.82, 2.24) is 18.8 Å². The summed E-state index contributed by atoms with van der Waals surface area (Å²) in [6.45, 7) is 0.675. The van der Waals surface area contributed by atoms with Crippen LogP contribution in [0.2, 0.25) is 0 Å². The highest BCUT2D eigenvalue weighted by molar-refractivity contribution is 9.10. The Balaban J connectivity index is 1.36. The Morgan fingerprint density at radius 1 is 1.21 bits per heavy atom. The van der Waals surface area contributed by atoms with Crippen LogP contribution in [-0.4, -0.2) is 78.8 Å². The summed E-state index contributed by atoms with van der Waals surface area (Å²) < 4.78 is 53.0. The zero-order valence-electron chi connectivity index (χ0n) is 22.5. The van der Waals surface area contributed by atoms with Crippen molar-refractivity contribution >= 4 is 50.1 Å². The van der Waals surface area contributed by atoms with Gasteiger partial charge in [-0.15, -0.1) is 0 Å². The van der Waals surface area contributed by atoms with E-state index in [1.807, 2.05) is 10.8 Å². The quantitative estimate of drug-likeness (QED) is 0.453. The number of hydrogen-bond donors (Lipinski definition) is 1. The van der Waals surface area contributed by atoms with E-state index in [2.05, 4.69) is 20.7 Å². The van der Waals surface area contributed by atoms with E-state index in [9.17, 15) is 32.0 Å². The van der Waals surface area contributed by atoms with Gasteiger partial charge in [0.2, 0.25) is 11.5 Å². The Kier molecular flexibility index (Phi) is 8.27. The van der Waals surface area contributed by atoms with E-state index < -0.39 is 58.2 Å². The predicted molar refractivity (Wildman–Crippen MR) is 148 cm³/mol. The molecule has 0 radical (unpaired) electrons. The Morgan fingerprint density at radius 3 is 2.67 bits per heavy atom. The smallest absolute Gasteiger partial charge is 0.421 e. The molecule has 2 aromatic rings. The minimum atomic E-state index is -4.26. The van der Waals surface area contributed by atoms with Crippen molar-refractivity contribution in [2.75, 3.05) is 26.2 Å². The standard InChI is InChI=1S/C27H28BrFN4O8S/c1-2-40-25(36)30-42(38,39)31-12-10-21(15-31)32(14-17-3-6-20(29)7-4-17)23(34)16-33-24(35)27(41-26(33)37)11-9-18-13-19(28)5-8-22(18)27/h3-8,13,21H,2,9-12,14-16H2,1H3,(H,30,36)/t21-,27-/m1/s1. The van der Waals surface area contributed by atoms with Gasteiger partial charge < -0.3 is 14.4 Å². The number of rotatable bonds is 8. The summed E-state index contributed by atoms with van der Waals surface area (Å²) in [5.74, 6) is -1.74. The Morgan fingerprint density at radius 2 is 1.95 bits per heavy atom. The monoisotopic (exact) mass is 666 g/mol. The van der Waals surface area contributed by atoms with Crippen LogP contribution in [0, 0.1) is 5.82 Å². The maximum absolute atomic E-state index is 13.7. The lowest BCUT2D eigenvalue weighted by Gasteiger charge is -2.30. The first-order valence-corrected chi connectivity index (χ1v) is 15.5. The van der Waals surface area contributed by atoms with Crippen molar-refractivity contribution in [2.24, 2.45) is 0 Å². The summed E-state index contributed by atoms with van der Waals surface area (Å²) in [6.07, 6.45) is -1.10. The van der Waals surface area contributed by atoms with Crippen molar-refractivity contribution in [3.05, 3.63) is 69.4 Å². The Hall–Kier alpha value is -3.56. The highest BCUT2D eigenvalue weighted by Crippen LogP contribution is 2.46. The third-order valence-corrected chi connectivity index (χ3v) is 9.53. The average Bonchev–Trinajstić information content (AvgIpc) is 3.62. The van der Waals surface area contributed by atoms with Crippen LogP contribution in [-0.2, 0) is 47.8 Å². The highest BCUT2D eigenvalue weighted by atomic mass is 79.9. The van der Waals surface area contributed by atoms with E-state index in [0.29, 0.717) is 17.5 Å². The van der Waals surface area contributed by atoms with Crippen LogP contribution in [0.4, 0.5) is 14.0 Å². The molecule has 2 fully saturated rings. The SMILES string of the molecule is CCOC(=O)NS(=O)(=O)N1CC[C@@H](N(Cc2ccc(F)cc2)C(=O)CN2C(=O)O[C@@]3(CCc4cc(Br)ccc43)C2=O)C1. The summed E-state index contributed by atoms with van der Waals surface area (Å²) in [7, 11) is -4.26. The van der Waals surface area contributed by atoms with Crippen LogP contribution in [0.5, 0.6) is 0 Å². The minimum Gasteiger partial charge on any atom is -0.449 e. The largest absolute Gasteiger partial charge is 0.449 e. The number of benzene rings is 2. The van der Waals surface area contributed by atoms with Crippen LogP contribution in [0.25, 0.3) is 0 Å². The zero-order chi connectivity index (χ0) is 30.2. The average molecular weight is 668 g/mol. The molecule has 2 atom stereocenters. The van der Waals surface area contributed by atoms with Gasteiger partial charge in [0.25, 0.3) is 5.91 Å². The van der Waals surface area contributed by atoms with Crippen LogP contribution >= 0.6 is 15.9 Å². The second-order valence-corrected chi connectivity index (χ2v) is 12.8. The summed E-state index contributed by atoms with van der Waals surface area (Å²) in [6, 6.07) is 10.1. The Bertz CT molecular complexity index is 1540. The molecule has 1 aliphatic carbocycles. The normalized spacial score (nSPS) is 21.9. The van der Waals surface area contributed by atoms with Gasteiger partial charge in [-0.05, 0) is 55.2 Å². The van der Waals surface area contributed by atoms with Crippen LogP contribution < -0.4 is 4.72 Å². The molecule has 224 valence electrons. The number of carbonyl (C=O) groups excluding carboxylic acids is 4. The van der Waals surface area contributed by atoms with Gasteiger partial charge in [-0.25, -0.2) is 23.6 Å². The molecule has 2 aliphatic heterocycles. The Labute approximate surface area is 250 Å². The van der Waals surface area contributed by atoms with Crippen LogP contribution in [0.15, 0.2) is 46.9 Å². The minimum absolute atomic E-state index is 0.00720. The van der Waals surface area contributed by atoms with E-state index in [4.69, 9.17) is 4.74 Å². The number of hydrogen-bond acceptors (Lipinski definition) is 8. The fourth-order valence-corrected chi connectivity index (χ4v) is 7.09. The van der Waals surface area contributed by atoms with Crippen LogP contribution in [0.3, 0.4) is 0 Å². The molecule has 0 bridgehead atoms. The van der Waals surface area contributed by atoms with Crippen LogP contribution in [0.1, 0.15) is 36.5 Å². The predicted octanol–water partition coefficient (Wildman–Crippen LogP) is 2.80. The first-order valence-electron chi connectivity index (χ1n) is 13.3. The lowest BCUT2D eigenvalue weighted by molar-refractivity contribution is -0.143. The van der Waals surface area contributed by atoms with E-state index in [-0.39, 0.29) is 39.1 Å². The lowest BCUT2D eigenvalue weighted by atomic mass is 9.95. The molecular formula is C27H28BrFN4O8S. The van der Waals surface area contributed by atoms with Crippen molar-refractivity contribution in [3.8, 4) is 0 Å². The fraction of sp³-hybridized carbons (Fsp3) is 0.407. The number of nitrogens with zero attached hydrogens (tertiary/aromatic N) is 3. The van der Waals surface area contributed by atoms with Gasteiger partial charge >= 0.3 is 22.4 Å².